The van der Waals surface area contributed by atoms with Crippen LogP contribution in [0.2, 0.25) is 0 Å². The van der Waals surface area contributed by atoms with Gasteiger partial charge in [-0.05, 0) is 6.92 Å². The minimum atomic E-state index is -0.577. The van der Waals surface area contributed by atoms with E-state index in [1.54, 1.807) is 0 Å². The molecule has 1 aliphatic heterocycles. The molecule has 3 rings (SSSR count). The Balaban J connectivity index is 2.19. The van der Waals surface area contributed by atoms with Crippen molar-refractivity contribution in [2.24, 2.45) is 0 Å². The number of hydrogen-bond acceptors (Lipinski definition) is 8. The van der Waals surface area contributed by atoms with E-state index in [0.717, 1.165) is 11.3 Å². The number of thiazole rings is 1. The number of H-pyrrole nitrogens is 1. The van der Waals surface area contributed by atoms with Crippen LogP contribution >= 0.6 is 23.1 Å². The van der Waals surface area contributed by atoms with E-state index < -0.39 is 17.2 Å². The molecule has 3 atom stereocenters. The van der Waals surface area contributed by atoms with E-state index >= 15 is 0 Å². The van der Waals surface area contributed by atoms with E-state index in [0.29, 0.717) is 0 Å². The molecule has 2 aromatic heterocycles. The molecular weight excluding hydrogens is 304 g/mol. The molecule has 0 amide bonds. The summed E-state index contributed by atoms with van der Waals surface area (Å²) < 4.78 is 7.18. The first-order chi connectivity index (χ1) is 9.51. The summed E-state index contributed by atoms with van der Waals surface area (Å²) in [5.41, 5.74) is 4.91. The zero-order chi connectivity index (χ0) is 14.4. The summed E-state index contributed by atoms with van der Waals surface area (Å²) in [6.45, 7) is 1.75. The Morgan fingerprint density at radius 3 is 2.95 bits per heavy atom. The van der Waals surface area contributed by atoms with E-state index in [1.807, 2.05) is 6.92 Å². The Kier molecular flexibility index (Phi) is 3.32. The van der Waals surface area contributed by atoms with Gasteiger partial charge < -0.3 is 15.6 Å². The largest absolute Gasteiger partial charge is 0.393 e. The Morgan fingerprint density at radius 1 is 1.55 bits per heavy atom. The molecule has 10 heteroatoms. The Morgan fingerprint density at radius 2 is 2.30 bits per heavy atom. The molecule has 0 aromatic carbocycles. The zero-order valence-electron chi connectivity index (χ0n) is 10.4. The van der Waals surface area contributed by atoms with E-state index in [9.17, 15) is 9.59 Å². The average molecular weight is 316 g/mol. The lowest BCUT2D eigenvalue weighted by atomic mass is 10.4. The Labute approximate surface area is 120 Å². The van der Waals surface area contributed by atoms with Gasteiger partial charge in [-0.2, -0.15) is 4.98 Å². The number of aliphatic hydroxyl groups is 1. The molecule has 1 fully saturated rings. The third-order valence-electron chi connectivity index (χ3n) is 2.95. The second-order valence-corrected chi connectivity index (χ2v) is 6.82. The number of rotatable bonds is 2. The molecule has 20 heavy (non-hydrogen) atoms. The van der Waals surface area contributed by atoms with Crippen molar-refractivity contribution in [1.29, 1.82) is 0 Å². The van der Waals surface area contributed by atoms with Gasteiger partial charge in [-0.3, -0.25) is 19.1 Å². The SMILES string of the molecule is C[C@@H]1S[C@@H](CO)OC1n1c(=O)sc2c(=O)[nH]c(N)nc21. The first-order valence-electron chi connectivity index (χ1n) is 5.84. The summed E-state index contributed by atoms with van der Waals surface area (Å²) in [5, 5.41) is 9.10. The summed E-state index contributed by atoms with van der Waals surface area (Å²) in [4.78, 5) is 30.0. The Bertz CT molecular complexity index is 767. The molecule has 108 valence electrons. The van der Waals surface area contributed by atoms with Crippen molar-refractivity contribution in [3.8, 4) is 0 Å². The van der Waals surface area contributed by atoms with Crippen LogP contribution in [0.25, 0.3) is 10.3 Å². The first-order valence-corrected chi connectivity index (χ1v) is 7.60. The van der Waals surface area contributed by atoms with Crippen LogP contribution in [-0.4, -0.2) is 36.9 Å². The van der Waals surface area contributed by atoms with Gasteiger partial charge in [0.25, 0.3) is 5.56 Å². The highest BCUT2D eigenvalue weighted by atomic mass is 32.2. The minimum absolute atomic E-state index is 0.0499. The summed E-state index contributed by atoms with van der Waals surface area (Å²) in [6.07, 6.45) is -0.577. The lowest BCUT2D eigenvalue weighted by molar-refractivity contribution is -0.0129. The number of thioether (sulfide) groups is 1. The number of aromatic amines is 1. The summed E-state index contributed by atoms with van der Waals surface area (Å²) in [5.74, 6) is -0.0499. The van der Waals surface area contributed by atoms with Crippen LogP contribution < -0.4 is 16.2 Å². The average Bonchev–Trinajstić information content (AvgIpc) is 2.89. The predicted octanol–water partition coefficient (Wildman–Crippen LogP) is -0.303. The lowest BCUT2D eigenvalue weighted by Crippen LogP contribution is -2.26. The summed E-state index contributed by atoms with van der Waals surface area (Å²) in [7, 11) is 0. The van der Waals surface area contributed by atoms with E-state index in [2.05, 4.69) is 9.97 Å². The van der Waals surface area contributed by atoms with E-state index in [-0.39, 0.29) is 33.0 Å². The highest BCUT2D eigenvalue weighted by molar-refractivity contribution is 8.00. The highest BCUT2D eigenvalue weighted by Gasteiger charge is 2.36. The molecule has 1 saturated heterocycles. The molecular formula is C10H12N4O4S2. The fourth-order valence-corrected chi connectivity index (χ4v) is 4.04. The smallest absolute Gasteiger partial charge is 0.311 e. The maximum absolute atomic E-state index is 12.1. The third-order valence-corrected chi connectivity index (χ3v) is 5.12. The van der Waals surface area contributed by atoms with Gasteiger partial charge in [0.1, 0.15) is 10.1 Å². The Hall–Kier alpha value is -1.36. The number of aromatic nitrogens is 3. The molecule has 4 N–H and O–H groups in total. The fraction of sp³-hybridized carbons (Fsp3) is 0.500. The minimum Gasteiger partial charge on any atom is -0.393 e. The molecule has 2 aromatic rings. The summed E-state index contributed by atoms with van der Waals surface area (Å²) >= 11 is 2.23. The van der Waals surface area contributed by atoms with Crippen molar-refractivity contribution in [3.05, 3.63) is 20.0 Å². The van der Waals surface area contributed by atoms with Crippen molar-refractivity contribution in [3.63, 3.8) is 0 Å². The maximum atomic E-state index is 12.1. The fourth-order valence-electron chi connectivity index (χ4n) is 2.13. The van der Waals surface area contributed by atoms with Gasteiger partial charge in [-0.1, -0.05) is 11.3 Å². The van der Waals surface area contributed by atoms with Crippen LogP contribution in [0, 0.1) is 0 Å². The van der Waals surface area contributed by atoms with Gasteiger partial charge in [0.2, 0.25) is 5.95 Å². The van der Waals surface area contributed by atoms with Gasteiger partial charge >= 0.3 is 4.87 Å². The first kappa shape index (κ1) is 13.6. The van der Waals surface area contributed by atoms with Crippen molar-refractivity contribution >= 4 is 39.4 Å². The van der Waals surface area contributed by atoms with Gasteiger partial charge in [-0.25, -0.2) is 0 Å². The molecule has 0 radical (unpaired) electrons. The molecule has 0 bridgehead atoms. The molecule has 1 aliphatic rings. The molecule has 1 unspecified atom stereocenters. The number of anilines is 1. The third kappa shape index (κ3) is 2.04. The lowest BCUT2D eigenvalue weighted by Gasteiger charge is -2.15. The number of nitrogen functional groups attached to an aromatic ring is 1. The molecule has 0 saturated carbocycles. The van der Waals surface area contributed by atoms with Crippen LogP contribution in [0.15, 0.2) is 9.59 Å². The van der Waals surface area contributed by atoms with E-state index in [4.69, 9.17) is 15.6 Å². The standard InChI is InChI=1S/C10H12N4O4S2/c1-3-8(18-4(2-15)19-3)14-6-5(20-10(14)17)7(16)13-9(11)12-6/h3-4,8,15H,2H2,1H3,(H3,11,12,13,16)/t3-,4-,8?/m0/s1. The number of fused-ring (bicyclic) bond motifs is 1. The van der Waals surface area contributed by atoms with Crippen LogP contribution in [-0.2, 0) is 4.74 Å². The van der Waals surface area contributed by atoms with E-state index in [1.165, 1.54) is 16.3 Å². The number of nitrogens with zero attached hydrogens (tertiary/aromatic N) is 2. The van der Waals surface area contributed by atoms with Gasteiger partial charge in [-0.15, -0.1) is 11.8 Å². The number of nitrogens with two attached hydrogens (primary N) is 1. The van der Waals surface area contributed by atoms with Crippen LogP contribution in [0.4, 0.5) is 5.95 Å². The second-order valence-electron chi connectivity index (χ2n) is 4.32. The predicted molar refractivity (Wildman–Crippen MR) is 77.0 cm³/mol. The quantitative estimate of drug-likeness (QED) is 0.695. The monoisotopic (exact) mass is 316 g/mol. The second kappa shape index (κ2) is 4.88. The number of aliphatic hydroxyl groups excluding tert-OH is 1. The maximum Gasteiger partial charge on any atom is 0.311 e. The van der Waals surface area contributed by atoms with Crippen LogP contribution in [0.1, 0.15) is 13.2 Å². The van der Waals surface area contributed by atoms with Crippen molar-refractivity contribution < 1.29 is 9.84 Å². The highest BCUT2D eigenvalue weighted by Crippen LogP contribution is 2.39. The summed E-state index contributed by atoms with van der Waals surface area (Å²) in [6, 6.07) is 0. The molecule has 8 nitrogen and oxygen atoms in total. The van der Waals surface area contributed by atoms with Gasteiger partial charge in [0.15, 0.2) is 11.9 Å². The zero-order valence-corrected chi connectivity index (χ0v) is 12.0. The molecule has 0 aliphatic carbocycles. The number of nitrogens with one attached hydrogen (secondary N) is 1. The number of ether oxygens (including phenoxy) is 1. The normalized spacial score (nSPS) is 26.4. The number of hydrogen-bond donors (Lipinski definition) is 3. The van der Waals surface area contributed by atoms with Gasteiger partial charge in [0, 0.05) is 0 Å². The molecule has 0 spiro atoms. The molecule has 3 heterocycles. The van der Waals surface area contributed by atoms with Crippen LogP contribution in [0.3, 0.4) is 0 Å². The van der Waals surface area contributed by atoms with Gasteiger partial charge in [0.05, 0.1) is 11.9 Å². The van der Waals surface area contributed by atoms with Crippen molar-refractivity contribution in [1.82, 2.24) is 14.5 Å². The van der Waals surface area contributed by atoms with Crippen LogP contribution in [0.5, 0.6) is 0 Å². The van der Waals surface area contributed by atoms with Crippen molar-refractivity contribution in [2.45, 2.75) is 23.8 Å². The van der Waals surface area contributed by atoms with Crippen molar-refractivity contribution in [2.75, 3.05) is 12.3 Å². The topological polar surface area (TPSA) is 123 Å².